The molecule has 0 bridgehead atoms. The highest BCUT2D eigenvalue weighted by molar-refractivity contribution is 7.89. The van der Waals surface area contributed by atoms with Gasteiger partial charge in [-0.1, -0.05) is 30.3 Å². The summed E-state index contributed by atoms with van der Waals surface area (Å²) in [5.41, 5.74) is 1.14. The third-order valence-electron chi connectivity index (χ3n) is 5.55. The molecule has 150 valence electrons. The van der Waals surface area contributed by atoms with Crippen molar-refractivity contribution in [3.8, 4) is 0 Å². The van der Waals surface area contributed by atoms with E-state index >= 15 is 0 Å². The van der Waals surface area contributed by atoms with Gasteiger partial charge in [-0.3, -0.25) is 9.69 Å². The van der Waals surface area contributed by atoms with Gasteiger partial charge in [-0.15, -0.1) is 0 Å². The summed E-state index contributed by atoms with van der Waals surface area (Å²) in [5.74, 6) is 0.408. The van der Waals surface area contributed by atoms with E-state index in [1.807, 2.05) is 30.3 Å². The van der Waals surface area contributed by atoms with Gasteiger partial charge in [-0.2, -0.15) is 4.31 Å². The smallest absolute Gasteiger partial charge is 0.289 e. The van der Waals surface area contributed by atoms with E-state index in [4.69, 9.17) is 4.42 Å². The van der Waals surface area contributed by atoms with Crippen LogP contribution in [0.5, 0.6) is 0 Å². The molecule has 2 fully saturated rings. The van der Waals surface area contributed by atoms with Gasteiger partial charge in [0.15, 0.2) is 5.76 Å². The van der Waals surface area contributed by atoms with E-state index in [2.05, 4.69) is 4.90 Å². The molecule has 28 heavy (non-hydrogen) atoms. The van der Waals surface area contributed by atoms with Crippen LogP contribution in [0.4, 0.5) is 0 Å². The summed E-state index contributed by atoms with van der Waals surface area (Å²) < 4.78 is 32.0. The largest absolute Gasteiger partial charge is 0.459 e. The lowest BCUT2D eigenvalue weighted by molar-refractivity contribution is 0.0554. The van der Waals surface area contributed by atoms with Crippen molar-refractivity contribution in [1.82, 2.24) is 14.1 Å². The summed E-state index contributed by atoms with van der Waals surface area (Å²) in [5, 5.41) is 0. The second kappa shape index (κ2) is 8.06. The molecule has 3 heterocycles. The second-order valence-electron chi connectivity index (χ2n) is 7.33. The summed E-state index contributed by atoms with van der Waals surface area (Å²) in [6.07, 6.45) is 2.22. The normalized spacial score (nSPS) is 23.1. The molecule has 0 spiro atoms. The van der Waals surface area contributed by atoms with Gasteiger partial charge in [0.1, 0.15) is 0 Å². The van der Waals surface area contributed by atoms with Gasteiger partial charge in [0.25, 0.3) is 5.91 Å². The van der Waals surface area contributed by atoms with Crippen LogP contribution in [0.25, 0.3) is 0 Å². The Kier molecular flexibility index (Phi) is 5.52. The molecule has 1 aromatic heterocycles. The van der Waals surface area contributed by atoms with Gasteiger partial charge >= 0.3 is 0 Å². The van der Waals surface area contributed by atoms with Gasteiger partial charge in [0, 0.05) is 45.3 Å². The SMILES string of the molecule is O=C(c1ccco1)N1CCN(C2CN(CCc3ccccc3)S(=O)(=O)C2)CC1. The number of furan rings is 1. The number of hydrogen-bond acceptors (Lipinski definition) is 5. The van der Waals surface area contributed by atoms with Crippen LogP contribution in [0.3, 0.4) is 0 Å². The Hall–Kier alpha value is -2.16. The van der Waals surface area contributed by atoms with E-state index in [-0.39, 0.29) is 17.7 Å². The topological polar surface area (TPSA) is 74.1 Å². The molecule has 1 aromatic carbocycles. The highest BCUT2D eigenvalue weighted by Crippen LogP contribution is 2.21. The number of benzene rings is 1. The zero-order chi connectivity index (χ0) is 19.6. The summed E-state index contributed by atoms with van der Waals surface area (Å²) in [6, 6.07) is 13.3. The van der Waals surface area contributed by atoms with Crippen LogP contribution >= 0.6 is 0 Å². The Morgan fingerprint density at radius 2 is 1.79 bits per heavy atom. The van der Waals surface area contributed by atoms with Crippen LogP contribution in [0, 0.1) is 0 Å². The van der Waals surface area contributed by atoms with Gasteiger partial charge in [0.05, 0.1) is 12.0 Å². The molecule has 2 aromatic rings. The van der Waals surface area contributed by atoms with Crippen molar-refractivity contribution in [2.24, 2.45) is 0 Å². The zero-order valence-corrected chi connectivity index (χ0v) is 16.6. The standard InChI is InChI=1S/C20H25N3O4S/c24-20(19-7-4-14-27-19)22-12-10-21(11-13-22)18-15-23(28(25,26)16-18)9-8-17-5-2-1-3-6-17/h1-7,14,18H,8-13,15-16H2. The van der Waals surface area contributed by atoms with Crippen molar-refractivity contribution in [3.63, 3.8) is 0 Å². The molecule has 0 aliphatic carbocycles. The average molecular weight is 404 g/mol. The average Bonchev–Trinajstić information content (AvgIpc) is 3.34. The van der Waals surface area contributed by atoms with E-state index in [1.54, 1.807) is 21.3 Å². The van der Waals surface area contributed by atoms with Gasteiger partial charge in [-0.05, 0) is 24.1 Å². The third-order valence-corrected chi connectivity index (χ3v) is 7.48. The Morgan fingerprint density at radius 3 is 2.46 bits per heavy atom. The Morgan fingerprint density at radius 1 is 1.04 bits per heavy atom. The molecular formula is C20H25N3O4S. The molecule has 4 rings (SSSR count). The van der Waals surface area contributed by atoms with Gasteiger partial charge in [-0.25, -0.2) is 8.42 Å². The minimum Gasteiger partial charge on any atom is -0.459 e. The van der Waals surface area contributed by atoms with Crippen LogP contribution in [-0.2, 0) is 16.4 Å². The lowest BCUT2D eigenvalue weighted by Crippen LogP contribution is -2.53. The Balaban J connectivity index is 1.31. The maximum absolute atomic E-state index is 12.6. The number of amides is 1. The van der Waals surface area contributed by atoms with Crippen LogP contribution < -0.4 is 0 Å². The van der Waals surface area contributed by atoms with E-state index in [9.17, 15) is 13.2 Å². The van der Waals surface area contributed by atoms with Crippen LogP contribution in [0.1, 0.15) is 16.1 Å². The van der Waals surface area contributed by atoms with E-state index in [0.717, 1.165) is 12.0 Å². The molecule has 2 saturated heterocycles. The Labute approximate surface area is 165 Å². The highest BCUT2D eigenvalue weighted by Gasteiger charge is 2.39. The number of nitrogens with zero attached hydrogens (tertiary/aromatic N) is 3. The quantitative estimate of drug-likeness (QED) is 0.752. The molecule has 1 amide bonds. The highest BCUT2D eigenvalue weighted by atomic mass is 32.2. The predicted octanol–water partition coefficient (Wildman–Crippen LogP) is 1.29. The molecule has 0 radical (unpaired) electrons. The Bertz CT molecular complexity index is 891. The van der Waals surface area contributed by atoms with E-state index in [1.165, 1.54) is 6.26 Å². The summed E-state index contributed by atoms with van der Waals surface area (Å²) in [4.78, 5) is 16.3. The van der Waals surface area contributed by atoms with Crippen molar-refractivity contribution >= 4 is 15.9 Å². The van der Waals surface area contributed by atoms with Gasteiger partial charge in [0.2, 0.25) is 10.0 Å². The summed E-state index contributed by atoms with van der Waals surface area (Å²) in [6.45, 7) is 3.57. The molecule has 8 heteroatoms. The minimum absolute atomic E-state index is 0.0124. The maximum Gasteiger partial charge on any atom is 0.289 e. The van der Waals surface area contributed by atoms with Crippen molar-refractivity contribution in [1.29, 1.82) is 0 Å². The third kappa shape index (κ3) is 4.14. The van der Waals surface area contributed by atoms with Crippen LogP contribution in [0.2, 0.25) is 0 Å². The van der Waals surface area contributed by atoms with Crippen LogP contribution in [-0.4, -0.2) is 79.5 Å². The van der Waals surface area contributed by atoms with Crippen LogP contribution in [0.15, 0.2) is 53.1 Å². The molecule has 1 unspecified atom stereocenters. The maximum atomic E-state index is 12.6. The number of rotatable bonds is 5. The summed E-state index contributed by atoms with van der Waals surface area (Å²) >= 11 is 0. The number of piperazine rings is 1. The second-order valence-corrected chi connectivity index (χ2v) is 9.35. The lowest BCUT2D eigenvalue weighted by atomic mass is 10.1. The first-order valence-electron chi connectivity index (χ1n) is 9.61. The molecule has 0 saturated carbocycles. The molecule has 7 nitrogen and oxygen atoms in total. The number of sulfonamides is 1. The van der Waals surface area contributed by atoms with Crippen molar-refractivity contribution in [3.05, 3.63) is 60.1 Å². The van der Waals surface area contributed by atoms with E-state index < -0.39 is 10.0 Å². The predicted molar refractivity (Wildman–Crippen MR) is 105 cm³/mol. The molecule has 0 N–H and O–H groups in total. The minimum atomic E-state index is -3.22. The fraction of sp³-hybridized carbons (Fsp3) is 0.450. The molecule has 2 aliphatic rings. The zero-order valence-electron chi connectivity index (χ0n) is 15.7. The van der Waals surface area contributed by atoms with Crippen molar-refractivity contribution in [2.75, 3.05) is 45.0 Å². The molecule has 2 aliphatic heterocycles. The molecular weight excluding hydrogens is 378 g/mol. The van der Waals surface area contributed by atoms with Crippen molar-refractivity contribution in [2.45, 2.75) is 12.5 Å². The first-order valence-corrected chi connectivity index (χ1v) is 11.2. The fourth-order valence-corrected chi connectivity index (χ4v) is 5.73. The van der Waals surface area contributed by atoms with Crippen molar-refractivity contribution < 1.29 is 17.6 Å². The van der Waals surface area contributed by atoms with E-state index in [0.29, 0.717) is 45.0 Å². The first-order chi connectivity index (χ1) is 13.5. The monoisotopic (exact) mass is 403 g/mol. The molecule has 1 atom stereocenters. The number of carbonyl (C=O) groups excluding carboxylic acids is 1. The fourth-order valence-electron chi connectivity index (χ4n) is 3.95. The van der Waals surface area contributed by atoms with Gasteiger partial charge < -0.3 is 9.32 Å². The number of carbonyl (C=O) groups is 1. The number of hydrogen-bond donors (Lipinski definition) is 0. The summed E-state index contributed by atoms with van der Waals surface area (Å²) in [7, 11) is -3.22. The lowest BCUT2D eigenvalue weighted by Gasteiger charge is -2.37. The first kappa shape index (κ1) is 19.2.